The van der Waals surface area contributed by atoms with Crippen molar-refractivity contribution in [3.05, 3.63) is 113 Å². The number of hydrogen-bond acceptors (Lipinski definition) is 6. The number of halogens is 3. The van der Waals surface area contributed by atoms with Gasteiger partial charge in [0.25, 0.3) is 5.91 Å². The number of likely N-dealkylation sites (tertiary alicyclic amines) is 1. The summed E-state index contributed by atoms with van der Waals surface area (Å²) in [6, 6.07) is 13.1. The summed E-state index contributed by atoms with van der Waals surface area (Å²) in [5, 5.41) is 10.1. The number of hydrogen-bond donors (Lipinski definition) is 2. The molecular weight excluding hydrogens is 617 g/mol. The first kappa shape index (κ1) is 34.2. The van der Waals surface area contributed by atoms with Gasteiger partial charge in [0.15, 0.2) is 5.49 Å². The minimum Gasteiger partial charge on any atom is -0.350 e. The highest BCUT2D eigenvalue weighted by Gasteiger charge is 2.35. The van der Waals surface area contributed by atoms with Gasteiger partial charge in [-0.2, -0.15) is 18.3 Å². The zero-order valence-corrected chi connectivity index (χ0v) is 27.5. The number of anilines is 3. The van der Waals surface area contributed by atoms with Crippen LogP contribution in [-0.4, -0.2) is 63.3 Å². The van der Waals surface area contributed by atoms with Crippen molar-refractivity contribution < 1.29 is 18.0 Å². The molecule has 0 aliphatic carbocycles. The van der Waals surface area contributed by atoms with Crippen molar-refractivity contribution in [1.82, 2.24) is 24.1 Å². The van der Waals surface area contributed by atoms with Crippen molar-refractivity contribution >= 4 is 23.0 Å². The van der Waals surface area contributed by atoms with Crippen LogP contribution in [0.4, 0.5) is 30.2 Å². The fourth-order valence-corrected chi connectivity index (χ4v) is 5.63. The molecule has 1 atom stereocenters. The number of nitrogens with zero attached hydrogens (tertiary/aromatic N) is 6. The SMILES string of the molecule is C=CN=c1c(Nc2cnn(C)c2)cccn1CC#Cc1cc(C(=O)Nc2ccc(CN3CCC(N(C)C)C3)c(C(F)(F)F)c2)ccc1C. The van der Waals surface area contributed by atoms with Gasteiger partial charge in [0, 0.05) is 68.1 Å². The topological polar surface area (TPSA) is 82.7 Å². The van der Waals surface area contributed by atoms with Gasteiger partial charge in [-0.1, -0.05) is 30.6 Å². The predicted molar refractivity (Wildman–Crippen MR) is 182 cm³/mol. The van der Waals surface area contributed by atoms with Crippen molar-refractivity contribution in [1.29, 1.82) is 0 Å². The van der Waals surface area contributed by atoms with Crippen molar-refractivity contribution in [3.63, 3.8) is 0 Å². The van der Waals surface area contributed by atoms with Crippen LogP contribution in [0.3, 0.4) is 0 Å². The highest BCUT2D eigenvalue weighted by molar-refractivity contribution is 6.04. The molecular formula is C36H39F3N8O. The second kappa shape index (κ2) is 14.8. The number of carbonyl (C=O) groups is 1. The van der Waals surface area contributed by atoms with Crippen LogP contribution in [0, 0.1) is 18.8 Å². The van der Waals surface area contributed by atoms with Gasteiger partial charge in [-0.05, 0) is 75.0 Å². The lowest BCUT2D eigenvalue weighted by atomic mass is 10.0. The second-order valence-corrected chi connectivity index (χ2v) is 12.0. The van der Waals surface area contributed by atoms with E-state index >= 15 is 0 Å². The maximum Gasteiger partial charge on any atom is 0.416 e. The first-order chi connectivity index (χ1) is 22.9. The highest BCUT2D eigenvalue weighted by atomic mass is 19.4. The Morgan fingerprint density at radius 2 is 2.00 bits per heavy atom. The number of nitrogens with one attached hydrogen (secondary N) is 2. The van der Waals surface area contributed by atoms with Crippen molar-refractivity contribution in [2.24, 2.45) is 12.0 Å². The summed E-state index contributed by atoms with van der Waals surface area (Å²) >= 11 is 0. The molecule has 0 radical (unpaired) electrons. The van der Waals surface area contributed by atoms with E-state index in [-0.39, 0.29) is 23.4 Å². The average molecular weight is 657 g/mol. The Labute approximate surface area is 278 Å². The molecule has 5 rings (SSSR count). The summed E-state index contributed by atoms with van der Waals surface area (Å²) in [5.74, 6) is 5.76. The smallest absolute Gasteiger partial charge is 0.350 e. The van der Waals surface area contributed by atoms with Crippen LogP contribution in [0.25, 0.3) is 0 Å². The summed E-state index contributed by atoms with van der Waals surface area (Å²) in [4.78, 5) is 21.8. The standard InChI is InChI=1S/C36H39F3N8O/c1-6-40-34-33(42-30-21-41-45(5)23-30)10-8-17-47(34)16-7-9-26-19-27(12-11-25(26)2)35(48)43-29-14-13-28(32(20-29)36(37,38)39)22-46-18-15-31(24-46)44(3)4/h6,8,10-14,17,19-21,23,31,42H,1,15-16,18,22,24H2,2-5H3,(H,43,48). The van der Waals surface area contributed by atoms with E-state index in [1.807, 2.05) is 62.1 Å². The van der Waals surface area contributed by atoms with E-state index in [1.165, 1.54) is 18.3 Å². The van der Waals surface area contributed by atoms with E-state index in [1.54, 1.807) is 29.1 Å². The van der Waals surface area contributed by atoms with Crippen molar-refractivity contribution in [3.8, 4) is 11.8 Å². The number of pyridine rings is 1. The molecule has 1 saturated heterocycles. The van der Waals surface area contributed by atoms with Crippen LogP contribution in [-0.2, 0) is 26.3 Å². The third-order valence-corrected chi connectivity index (χ3v) is 8.26. The molecule has 12 heteroatoms. The normalized spacial score (nSPS) is 15.3. The molecule has 9 nitrogen and oxygen atoms in total. The quantitative estimate of drug-likeness (QED) is 0.224. The van der Waals surface area contributed by atoms with Gasteiger partial charge < -0.3 is 20.1 Å². The monoisotopic (exact) mass is 656 g/mol. The summed E-state index contributed by atoms with van der Waals surface area (Å²) in [6.07, 6.45) is 3.22. The molecule has 2 aromatic carbocycles. The van der Waals surface area contributed by atoms with Crippen LogP contribution < -0.4 is 16.1 Å². The summed E-state index contributed by atoms with van der Waals surface area (Å²) in [5.41, 5.74) is 3.46. The Bertz CT molecular complexity index is 1930. The molecule has 0 saturated carbocycles. The van der Waals surface area contributed by atoms with Crippen LogP contribution in [0.1, 0.15) is 39.0 Å². The highest BCUT2D eigenvalue weighted by Crippen LogP contribution is 2.35. The molecule has 2 aromatic heterocycles. The Kier molecular flexibility index (Phi) is 10.5. The van der Waals surface area contributed by atoms with Crippen molar-refractivity contribution in [2.75, 3.05) is 37.8 Å². The lowest BCUT2D eigenvalue weighted by molar-refractivity contribution is -0.138. The molecule has 4 aromatic rings. The maximum absolute atomic E-state index is 14.1. The Morgan fingerprint density at radius 3 is 2.69 bits per heavy atom. The van der Waals surface area contributed by atoms with E-state index in [2.05, 4.69) is 44.0 Å². The van der Waals surface area contributed by atoms with Gasteiger partial charge in [-0.25, -0.2) is 4.99 Å². The molecule has 3 heterocycles. The minimum absolute atomic E-state index is 0.0755. The van der Waals surface area contributed by atoms with Gasteiger partial charge in [0.1, 0.15) is 0 Å². The summed E-state index contributed by atoms with van der Waals surface area (Å²) in [7, 11) is 5.80. The van der Waals surface area contributed by atoms with Crippen LogP contribution in [0.5, 0.6) is 0 Å². The lowest BCUT2D eigenvalue weighted by Gasteiger charge is -2.22. The van der Waals surface area contributed by atoms with Crippen molar-refractivity contribution in [2.45, 2.75) is 38.7 Å². The van der Waals surface area contributed by atoms with Crippen LogP contribution in [0.2, 0.25) is 0 Å². The maximum atomic E-state index is 14.1. The average Bonchev–Trinajstić information content (AvgIpc) is 3.68. The predicted octanol–water partition coefficient (Wildman–Crippen LogP) is 5.78. The molecule has 1 fully saturated rings. The fraction of sp³-hybridized carbons (Fsp3) is 0.306. The molecule has 1 unspecified atom stereocenters. The fourth-order valence-electron chi connectivity index (χ4n) is 5.63. The number of alkyl halides is 3. The van der Waals surface area contributed by atoms with Gasteiger partial charge >= 0.3 is 6.18 Å². The number of rotatable bonds is 9. The second-order valence-electron chi connectivity index (χ2n) is 12.0. The third kappa shape index (κ3) is 8.42. The first-order valence-electron chi connectivity index (χ1n) is 15.5. The molecule has 2 N–H and O–H groups in total. The van der Waals surface area contributed by atoms with E-state index in [0.29, 0.717) is 30.2 Å². The molecule has 1 aliphatic rings. The number of likely N-dealkylation sites (N-methyl/N-ethyl adjacent to an activating group) is 1. The Hall–Kier alpha value is -5.12. The van der Waals surface area contributed by atoms with Gasteiger partial charge in [0.2, 0.25) is 0 Å². The molecule has 48 heavy (non-hydrogen) atoms. The molecule has 1 aliphatic heterocycles. The lowest BCUT2D eigenvalue weighted by Crippen LogP contribution is -2.31. The van der Waals surface area contributed by atoms with E-state index in [4.69, 9.17) is 0 Å². The minimum atomic E-state index is -4.56. The zero-order valence-electron chi connectivity index (χ0n) is 27.5. The van der Waals surface area contributed by atoms with E-state index in [0.717, 1.165) is 36.0 Å². The third-order valence-electron chi connectivity index (χ3n) is 8.26. The van der Waals surface area contributed by atoms with Gasteiger partial charge in [0.05, 0.1) is 29.7 Å². The largest absolute Gasteiger partial charge is 0.416 e. The van der Waals surface area contributed by atoms with Gasteiger partial charge in [-0.15, -0.1) is 0 Å². The molecule has 250 valence electrons. The molecule has 1 amide bonds. The number of benzene rings is 2. The number of aryl methyl sites for hydroxylation is 2. The number of amides is 1. The number of carbonyl (C=O) groups excluding carboxylic acids is 1. The number of aromatic nitrogens is 3. The van der Waals surface area contributed by atoms with Crippen LogP contribution >= 0.6 is 0 Å². The summed E-state index contributed by atoms with van der Waals surface area (Å²) in [6.45, 7) is 7.55. The van der Waals surface area contributed by atoms with Gasteiger partial charge in [-0.3, -0.25) is 14.4 Å². The van der Waals surface area contributed by atoms with E-state index < -0.39 is 17.6 Å². The Morgan fingerprint density at radius 1 is 1.19 bits per heavy atom. The van der Waals surface area contributed by atoms with Crippen LogP contribution in [0.15, 0.2) is 84.9 Å². The summed E-state index contributed by atoms with van der Waals surface area (Å²) < 4.78 is 45.9. The Balaban J connectivity index is 1.31. The first-order valence-corrected chi connectivity index (χ1v) is 15.5. The molecule has 0 spiro atoms. The molecule has 0 bridgehead atoms. The van der Waals surface area contributed by atoms with E-state index in [9.17, 15) is 18.0 Å². The zero-order chi connectivity index (χ0) is 34.4.